The maximum atomic E-state index is 6.11. The first kappa shape index (κ1) is 10.0. The molecule has 5 nitrogen and oxygen atoms in total. The van der Waals surface area contributed by atoms with Gasteiger partial charge in [0.25, 0.3) is 5.78 Å². The largest absolute Gasteiger partial charge is 0.321 e. The van der Waals surface area contributed by atoms with Gasteiger partial charge in [-0.2, -0.15) is 0 Å². The van der Waals surface area contributed by atoms with Crippen LogP contribution in [0.2, 0.25) is 0 Å². The lowest BCUT2D eigenvalue weighted by Gasteiger charge is -2.15. The summed E-state index contributed by atoms with van der Waals surface area (Å²) in [7, 11) is 0. The van der Waals surface area contributed by atoms with Crippen LogP contribution in [0.5, 0.6) is 0 Å². The fourth-order valence-electron chi connectivity index (χ4n) is 1.50. The number of nitrogens with zero attached hydrogens (tertiary/aromatic N) is 4. The highest BCUT2D eigenvalue weighted by Crippen LogP contribution is 2.19. The molecule has 80 valence electrons. The molecule has 2 heterocycles. The van der Waals surface area contributed by atoms with Crippen molar-refractivity contribution in [3.8, 4) is 0 Å². The van der Waals surface area contributed by atoms with E-state index in [1.165, 1.54) is 0 Å². The lowest BCUT2D eigenvalue weighted by molar-refractivity contribution is 0.436. The first-order valence-electron chi connectivity index (χ1n) is 5.15. The fraction of sp³-hybridized carbons (Fsp3) is 0.500. The molecule has 2 unspecified atom stereocenters. The van der Waals surface area contributed by atoms with Gasteiger partial charge in [0.15, 0.2) is 5.82 Å². The maximum absolute atomic E-state index is 6.11. The van der Waals surface area contributed by atoms with E-state index in [0.717, 1.165) is 12.2 Å². The van der Waals surface area contributed by atoms with Crippen LogP contribution in [0.3, 0.4) is 0 Å². The summed E-state index contributed by atoms with van der Waals surface area (Å²) in [6, 6.07) is 1.76. The second-order valence-electron chi connectivity index (χ2n) is 3.76. The van der Waals surface area contributed by atoms with E-state index in [0.29, 0.717) is 11.7 Å². The van der Waals surface area contributed by atoms with Crippen molar-refractivity contribution in [2.24, 2.45) is 11.7 Å². The zero-order valence-corrected chi connectivity index (χ0v) is 8.96. The predicted molar refractivity (Wildman–Crippen MR) is 57.2 cm³/mol. The third kappa shape index (κ3) is 1.70. The number of nitrogens with two attached hydrogens (primary N) is 1. The lowest BCUT2D eigenvalue weighted by Crippen LogP contribution is -2.21. The highest BCUT2D eigenvalue weighted by molar-refractivity contribution is 5.27. The first-order valence-corrected chi connectivity index (χ1v) is 5.15. The molecule has 0 aliphatic carbocycles. The standard InChI is InChI=1S/C10H15N5/c1-3-7(2)8(11)9-13-14-10-12-5-4-6-15(9)10/h4-8H,3,11H2,1-2H3. The fourth-order valence-corrected chi connectivity index (χ4v) is 1.50. The van der Waals surface area contributed by atoms with Gasteiger partial charge < -0.3 is 5.73 Å². The Morgan fingerprint density at radius 2 is 2.27 bits per heavy atom. The minimum absolute atomic E-state index is 0.0887. The van der Waals surface area contributed by atoms with Gasteiger partial charge in [0.2, 0.25) is 0 Å². The van der Waals surface area contributed by atoms with E-state index in [2.05, 4.69) is 29.0 Å². The molecule has 2 rings (SSSR count). The summed E-state index contributed by atoms with van der Waals surface area (Å²) < 4.78 is 1.84. The molecule has 0 aliphatic rings. The highest BCUT2D eigenvalue weighted by atomic mass is 15.3. The third-order valence-corrected chi connectivity index (χ3v) is 2.77. The number of hydrogen-bond donors (Lipinski definition) is 1. The van der Waals surface area contributed by atoms with Crippen LogP contribution in [0.25, 0.3) is 5.78 Å². The smallest absolute Gasteiger partial charge is 0.254 e. The Labute approximate surface area is 88.3 Å². The summed E-state index contributed by atoms with van der Waals surface area (Å²) in [4.78, 5) is 4.10. The van der Waals surface area contributed by atoms with Crippen LogP contribution >= 0.6 is 0 Å². The van der Waals surface area contributed by atoms with Crippen LogP contribution in [0.15, 0.2) is 18.5 Å². The molecule has 0 aliphatic heterocycles. The van der Waals surface area contributed by atoms with E-state index in [9.17, 15) is 0 Å². The quantitative estimate of drug-likeness (QED) is 0.816. The van der Waals surface area contributed by atoms with E-state index in [1.54, 1.807) is 6.20 Å². The molecule has 5 heteroatoms. The molecule has 0 amide bonds. The van der Waals surface area contributed by atoms with Crippen molar-refractivity contribution < 1.29 is 0 Å². The molecule has 0 fully saturated rings. The Balaban J connectivity index is 2.43. The van der Waals surface area contributed by atoms with Gasteiger partial charge in [-0.25, -0.2) is 4.98 Å². The predicted octanol–water partition coefficient (Wildman–Crippen LogP) is 1.17. The molecule has 0 aromatic carbocycles. The maximum Gasteiger partial charge on any atom is 0.254 e. The van der Waals surface area contributed by atoms with Crippen molar-refractivity contribution in [1.29, 1.82) is 0 Å². The number of hydrogen-bond acceptors (Lipinski definition) is 4. The molecule has 2 aromatic heterocycles. The molecule has 2 aromatic rings. The molecule has 2 N–H and O–H groups in total. The van der Waals surface area contributed by atoms with Crippen molar-refractivity contribution in [3.05, 3.63) is 24.3 Å². The summed E-state index contributed by atoms with van der Waals surface area (Å²) in [5.74, 6) is 1.77. The normalized spacial score (nSPS) is 15.4. The molecule has 0 spiro atoms. The number of rotatable bonds is 3. The van der Waals surface area contributed by atoms with Gasteiger partial charge in [0.1, 0.15) is 0 Å². The molecule has 0 bridgehead atoms. The second-order valence-corrected chi connectivity index (χ2v) is 3.76. The van der Waals surface area contributed by atoms with Crippen molar-refractivity contribution in [1.82, 2.24) is 19.6 Å². The topological polar surface area (TPSA) is 69.1 Å². The average Bonchev–Trinajstić information content (AvgIpc) is 2.70. The summed E-state index contributed by atoms with van der Waals surface area (Å²) in [5, 5.41) is 8.07. The molecule has 15 heavy (non-hydrogen) atoms. The lowest BCUT2D eigenvalue weighted by atomic mass is 10.00. The summed E-state index contributed by atoms with van der Waals surface area (Å²) in [6.07, 6.45) is 4.61. The first-order chi connectivity index (χ1) is 7.24. The molecular weight excluding hydrogens is 190 g/mol. The van der Waals surface area contributed by atoms with Gasteiger partial charge in [-0.3, -0.25) is 4.40 Å². The Kier molecular flexibility index (Phi) is 2.64. The Hall–Kier alpha value is -1.49. The second kappa shape index (κ2) is 3.94. The Morgan fingerprint density at radius 1 is 1.47 bits per heavy atom. The van der Waals surface area contributed by atoms with Crippen molar-refractivity contribution in [3.63, 3.8) is 0 Å². The molecule has 2 atom stereocenters. The van der Waals surface area contributed by atoms with E-state index in [-0.39, 0.29) is 6.04 Å². The minimum Gasteiger partial charge on any atom is -0.321 e. The van der Waals surface area contributed by atoms with Gasteiger partial charge in [0.05, 0.1) is 6.04 Å². The molecule has 0 radical (unpaired) electrons. The van der Waals surface area contributed by atoms with Crippen LogP contribution in [-0.4, -0.2) is 19.6 Å². The van der Waals surface area contributed by atoms with Gasteiger partial charge in [0, 0.05) is 12.4 Å². The average molecular weight is 205 g/mol. The zero-order chi connectivity index (χ0) is 10.8. The van der Waals surface area contributed by atoms with Crippen molar-refractivity contribution in [2.75, 3.05) is 0 Å². The van der Waals surface area contributed by atoms with Crippen LogP contribution in [0, 0.1) is 5.92 Å². The summed E-state index contributed by atoms with van der Waals surface area (Å²) in [5.41, 5.74) is 6.11. The van der Waals surface area contributed by atoms with Crippen LogP contribution in [0.1, 0.15) is 32.1 Å². The van der Waals surface area contributed by atoms with E-state index < -0.39 is 0 Å². The molecular formula is C10H15N5. The van der Waals surface area contributed by atoms with Gasteiger partial charge in [-0.1, -0.05) is 20.3 Å². The van der Waals surface area contributed by atoms with Crippen LogP contribution in [-0.2, 0) is 0 Å². The third-order valence-electron chi connectivity index (χ3n) is 2.77. The minimum atomic E-state index is -0.0887. The van der Waals surface area contributed by atoms with Crippen molar-refractivity contribution >= 4 is 5.78 Å². The van der Waals surface area contributed by atoms with Crippen LogP contribution in [0.4, 0.5) is 0 Å². The Morgan fingerprint density at radius 3 is 3.00 bits per heavy atom. The van der Waals surface area contributed by atoms with Crippen LogP contribution < -0.4 is 5.73 Å². The van der Waals surface area contributed by atoms with Crippen molar-refractivity contribution in [2.45, 2.75) is 26.3 Å². The Bertz CT molecular complexity index is 450. The summed E-state index contributed by atoms with van der Waals surface area (Å²) >= 11 is 0. The summed E-state index contributed by atoms with van der Waals surface area (Å²) in [6.45, 7) is 4.23. The van der Waals surface area contributed by atoms with E-state index in [4.69, 9.17) is 5.73 Å². The van der Waals surface area contributed by atoms with E-state index in [1.807, 2.05) is 16.7 Å². The highest BCUT2D eigenvalue weighted by Gasteiger charge is 2.18. The van der Waals surface area contributed by atoms with E-state index >= 15 is 0 Å². The van der Waals surface area contributed by atoms with Gasteiger partial charge in [-0.05, 0) is 12.0 Å². The molecule has 0 saturated heterocycles. The van der Waals surface area contributed by atoms with Gasteiger partial charge in [-0.15, -0.1) is 10.2 Å². The monoisotopic (exact) mass is 205 g/mol. The number of fused-ring (bicyclic) bond motifs is 1. The molecule has 0 saturated carbocycles. The number of aromatic nitrogens is 4. The SMILES string of the molecule is CCC(C)C(N)c1nnc2ncccn12. The van der Waals surface area contributed by atoms with Gasteiger partial charge >= 0.3 is 0 Å². The zero-order valence-electron chi connectivity index (χ0n) is 8.96.